The third kappa shape index (κ3) is 3.46. The second kappa shape index (κ2) is 6.62. The van der Waals surface area contributed by atoms with Gasteiger partial charge in [0, 0.05) is 18.4 Å². The lowest BCUT2D eigenvalue weighted by Gasteiger charge is -2.29. The summed E-state index contributed by atoms with van der Waals surface area (Å²) in [4.78, 5) is 14.5. The SMILES string of the molecule is CN1CCC(NC(=O)Nc2ccccc2-n2cccn2)CC1. The predicted octanol–water partition coefficient (Wildman–Crippen LogP) is 2.09. The number of rotatable bonds is 3. The number of para-hydroxylation sites is 2. The molecule has 2 N–H and O–H groups in total. The monoisotopic (exact) mass is 299 g/mol. The van der Waals surface area contributed by atoms with Crippen LogP contribution in [-0.2, 0) is 0 Å². The molecule has 1 fully saturated rings. The van der Waals surface area contributed by atoms with Gasteiger partial charge >= 0.3 is 6.03 Å². The summed E-state index contributed by atoms with van der Waals surface area (Å²) in [7, 11) is 2.11. The molecule has 22 heavy (non-hydrogen) atoms. The zero-order valence-corrected chi connectivity index (χ0v) is 12.7. The van der Waals surface area contributed by atoms with E-state index < -0.39 is 0 Å². The number of carbonyl (C=O) groups excluding carboxylic acids is 1. The molecule has 0 spiro atoms. The van der Waals surface area contributed by atoms with Crippen LogP contribution in [0, 0.1) is 0 Å². The maximum Gasteiger partial charge on any atom is 0.319 e. The first-order valence-corrected chi connectivity index (χ1v) is 7.57. The van der Waals surface area contributed by atoms with Gasteiger partial charge in [0.25, 0.3) is 0 Å². The number of piperidine rings is 1. The van der Waals surface area contributed by atoms with E-state index in [-0.39, 0.29) is 12.1 Å². The lowest BCUT2D eigenvalue weighted by molar-refractivity contribution is 0.221. The molecule has 1 aromatic heterocycles. The Bertz CT molecular complexity index is 617. The van der Waals surface area contributed by atoms with Crippen molar-refractivity contribution in [2.75, 3.05) is 25.5 Å². The molecular weight excluding hydrogens is 278 g/mol. The van der Waals surface area contributed by atoms with E-state index in [0.29, 0.717) is 0 Å². The van der Waals surface area contributed by atoms with Gasteiger partial charge in [-0.25, -0.2) is 9.48 Å². The molecule has 0 unspecified atom stereocenters. The minimum Gasteiger partial charge on any atom is -0.335 e. The Labute approximate surface area is 130 Å². The average Bonchev–Trinajstić information content (AvgIpc) is 3.04. The smallest absolute Gasteiger partial charge is 0.319 e. The quantitative estimate of drug-likeness (QED) is 0.912. The van der Waals surface area contributed by atoms with Gasteiger partial charge in [-0.1, -0.05) is 12.1 Å². The molecule has 2 heterocycles. The first-order chi connectivity index (χ1) is 10.7. The van der Waals surface area contributed by atoms with Gasteiger partial charge in [0.05, 0.1) is 11.4 Å². The molecule has 0 atom stereocenters. The Morgan fingerprint density at radius 2 is 2.00 bits per heavy atom. The molecule has 1 saturated heterocycles. The van der Waals surface area contributed by atoms with Crippen molar-refractivity contribution < 1.29 is 4.79 Å². The number of hydrogen-bond acceptors (Lipinski definition) is 3. The number of likely N-dealkylation sites (tertiary alicyclic amines) is 1. The van der Waals surface area contributed by atoms with Gasteiger partial charge in [-0.15, -0.1) is 0 Å². The summed E-state index contributed by atoms with van der Waals surface area (Å²) in [5, 5.41) is 10.2. The minimum atomic E-state index is -0.158. The highest BCUT2D eigenvalue weighted by atomic mass is 16.2. The Morgan fingerprint density at radius 3 is 2.73 bits per heavy atom. The molecule has 6 heteroatoms. The number of benzene rings is 1. The van der Waals surface area contributed by atoms with Gasteiger partial charge in [0.15, 0.2) is 0 Å². The molecule has 1 aromatic carbocycles. The van der Waals surface area contributed by atoms with Crippen molar-refractivity contribution in [3.8, 4) is 5.69 Å². The second-order valence-corrected chi connectivity index (χ2v) is 5.64. The lowest BCUT2D eigenvalue weighted by Crippen LogP contribution is -2.44. The number of aromatic nitrogens is 2. The van der Waals surface area contributed by atoms with Crippen molar-refractivity contribution in [2.24, 2.45) is 0 Å². The zero-order valence-electron chi connectivity index (χ0n) is 12.7. The van der Waals surface area contributed by atoms with Gasteiger partial charge in [-0.2, -0.15) is 5.10 Å². The van der Waals surface area contributed by atoms with Crippen LogP contribution in [0.4, 0.5) is 10.5 Å². The van der Waals surface area contributed by atoms with Gasteiger partial charge < -0.3 is 15.5 Å². The van der Waals surface area contributed by atoms with Gasteiger partial charge in [0.2, 0.25) is 0 Å². The third-order valence-electron chi connectivity index (χ3n) is 3.96. The maximum absolute atomic E-state index is 12.2. The summed E-state index contributed by atoms with van der Waals surface area (Å²) in [5.41, 5.74) is 1.60. The molecule has 0 radical (unpaired) electrons. The first kappa shape index (κ1) is 14.6. The number of carbonyl (C=O) groups is 1. The van der Waals surface area contributed by atoms with Crippen LogP contribution >= 0.6 is 0 Å². The Balaban J connectivity index is 1.65. The topological polar surface area (TPSA) is 62.2 Å². The molecule has 116 valence electrons. The largest absolute Gasteiger partial charge is 0.335 e. The summed E-state index contributed by atoms with van der Waals surface area (Å²) in [6.45, 7) is 2.05. The van der Waals surface area contributed by atoms with Crippen molar-refractivity contribution in [1.82, 2.24) is 20.0 Å². The zero-order chi connectivity index (χ0) is 15.4. The molecule has 1 aliphatic heterocycles. The van der Waals surface area contributed by atoms with Crippen LogP contribution in [0.15, 0.2) is 42.7 Å². The van der Waals surface area contributed by atoms with Crippen LogP contribution in [0.5, 0.6) is 0 Å². The summed E-state index contributed by atoms with van der Waals surface area (Å²) in [5.74, 6) is 0. The molecule has 0 aliphatic carbocycles. The Morgan fingerprint density at radius 1 is 1.23 bits per heavy atom. The van der Waals surface area contributed by atoms with E-state index >= 15 is 0 Å². The van der Waals surface area contributed by atoms with E-state index in [9.17, 15) is 4.79 Å². The number of amides is 2. The first-order valence-electron chi connectivity index (χ1n) is 7.57. The molecule has 3 rings (SSSR count). The molecule has 2 aromatic rings. The minimum absolute atomic E-state index is 0.158. The van der Waals surface area contributed by atoms with Crippen LogP contribution in [0.1, 0.15) is 12.8 Å². The molecule has 6 nitrogen and oxygen atoms in total. The van der Waals surface area contributed by atoms with Gasteiger partial charge in [0.1, 0.15) is 0 Å². The Hall–Kier alpha value is -2.34. The fourth-order valence-electron chi connectivity index (χ4n) is 2.69. The summed E-state index contributed by atoms with van der Waals surface area (Å²) >= 11 is 0. The summed E-state index contributed by atoms with van der Waals surface area (Å²) in [6, 6.07) is 9.58. The van der Waals surface area contributed by atoms with Crippen molar-refractivity contribution in [3.05, 3.63) is 42.7 Å². The van der Waals surface area contributed by atoms with Crippen LogP contribution in [0.3, 0.4) is 0 Å². The van der Waals surface area contributed by atoms with Gasteiger partial charge in [-0.3, -0.25) is 0 Å². The predicted molar refractivity (Wildman–Crippen MR) is 86.2 cm³/mol. The van der Waals surface area contributed by atoms with Crippen molar-refractivity contribution in [3.63, 3.8) is 0 Å². The van der Waals surface area contributed by atoms with Crippen molar-refractivity contribution in [1.29, 1.82) is 0 Å². The van der Waals surface area contributed by atoms with E-state index in [2.05, 4.69) is 27.7 Å². The van der Waals surface area contributed by atoms with Crippen LogP contribution in [-0.4, -0.2) is 46.9 Å². The molecule has 2 amide bonds. The molecule has 0 bridgehead atoms. The highest BCUT2D eigenvalue weighted by Crippen LogP contribution is 2.19. The van der Waals surface area contributed by atoms with E-state index in [1.807, 2.05) is 36.5 Å². The molecule has 1 aliphatic rings. The van der Waals surface area contributed by atoms with E-state index in [0.717, 1.165) is 37.3 Å². The highest BCUT2D eigenvalue weighted by molar-refractivity contribution is 5.91. The lowest BCUT2D eigenvalue weighted by atomic mass is 10.1. The fraction of sp³-hybridized carbons (Fsp3) is 0.375. The summed E-state index contributed by atoms with van der Waals surface area (Å²) < 4.78 is 1.74. The third-order valence-corrected chi connectivity index (χ3v) is 3.96. The number of nitrogens with one attached hydrogen (secondary N) is 2. The fourth-order valence-corrected chi connectivity index (χ4v) is 2.69. The van der Waals surface area contributed by atoms with E-state index in [1.165, 1.54) is 0 Å². The van der Waals surface area contributed by atoms with Crippen molar-refractivity contribution >= 4 is 11.7 Å². The van der Waals surface area contributed by atoms with Crippen LogP contribution in [0.25, 0.3) is 5.69 Å². The van der Waals surface area contributed by atoms with Crippen LogP contribution in [0.2, 0.25) is 0 Å². The van der Waals surface area contributed by atoms with Gasteiger partial charge in [-0.05, 0) is 51.2 Å². The van der Waals surface area contributed by atoms with Crippen molar-refractivity contribution in [2.45, 2.75) is 18.9 Å². The standard InChI is InChI=1S/C16H21N5O/c1-20-11-7-13(8-12-20)18-16(22)19-14-5-2-3-6-15(14)21-10-4-9-17-21/h2-6,9-10,13H,7-8,11-12H2,1H3,(H2,18,19,22). The highest BCUT2D eigenvalue weighted by Gasteiger charge is 2.18. The average molecular weight is 299 g/mol. The number of nitrogens with zero attached hydrogens (tertiary/aromatic N) is 3. The Kier molecular flexibility index (Phi) is 4.39. The number of anilines is 1. The second-order valence-electron chi connectivity index (χ2n) is 5.64. The normalized spacial score (nSPS) is 16.4. The van der Waals surface area contributed by atoms with Crippen LogP contribution < -0.4 is 10.6 Å². The molecular formula is C16H21N5O. The van der Waals surface area contributed by atoms with E-state index in [1.54, 1.807) is 10.9 Å². The van der Waals surface area contributed by atoms with E-state index in [4.69, 9.17) is 0 Å². The maximum atomic E-state index is 12.2. The number of hydrogen-bond donors (Lipinski definition) is 2. The molecule has 0 saturated carbocycles. The summed E-state index contributed by atoms with van der Waals surface area (Å²) in [6.07, 6.45) is 5.56. The number of urea groups is 1.